The Balaban J connectivity index is 1.83. The van der Waals surface area contributed by atoms with E-state index in [2.05, 4.69) is 61.8 Å². The average molecular weight is 385 g/mol. The van der Waals surface area contributed by atoms with Gasteiger partial charge in [0.15, 0.2) is 0 Å². The van der Waals surface area contributed by atoms with Gasteiger partial charge in [-0.25, -0.2) is 0 Å². The van der Waals surface area contributed by atoms with Gasteiger partial charge in [0.05, 0.1) is 0 Å². The first kappa shape index (κ1) is 22.3. The molecule has 154 valence electrons. The van der Waals surface area contributed by atoms with Crippen LogP contribution in [-0.4, -0.2) is 62.3 Å². The molecule has 0 unspecified atom stereocenters. The summed E-state index contributed by atoms with van der Waals surface area (Å²) in [5.41, 5.74) is 2.37. The SMILES string of the molecule is CCN(CC)CCOc1ccc(-c2ccc(OCCN(CC)CC)cc2)cc1. The number of nitrogens with zero attached hydrogens (tertiary/aromatic N) is 2. The molecule has 0 radical (unpaired) electrons. The van der Waals surface area contributed by atoms with Crippen molar-refractivity contribution in [3.63, 3.8) is 0 Å². The molecule has 0 fully saturated rings. The summed E-state index contributed by atoms with van der Waals surface area (Å²) in [6.45, 7) is 16.3. The molecule has 0 heterocycles. The normalized spacial score (nSPS) is 11.2. The topological polar surface area (TPSA) is 24.9 Å². The van der Waals surface area contributed by atoms with Crippen LogP contribution in [0.2, 0.25) is 0 Å². The summed E-state index contributed by atoms with van der Waals surface area (Å²) in [7, 11) is 0. The second-order valence-electron chi connectivity index (χ2n) is 6.80. The summed E-state index contributed by atoms with van der Waals surface area (Å²) >= 11 is 0. The Bertz CT molecular complexity index is 588. The van der Waals surface area contributed by atoms with Crippen LogP contribution in [0, 0.1) is 0 Å². The van der Waals surface area contributed by atoms with Crippen molar-refractivity contribution >= 4 is 0 Å². The van der Waals surface area contributed by atoms with Crippen molar-refractivity contribution in [3.05, 3.63) is 48.5 Å². The maximum absolute atomic E-state index is 5.87. The zero-order chi connectivity index (χ0) is 20.2. The molecular weight excluding hydrogens is 348 g/mol. The van der Waals surface area contributed by atoms with Gasteiger partial charge in [-0.1, -0.05) is 52.0 Å². The Kier molecular flexibility index (Phi) is 9.87. The van der Waals surface area contributed by atoms with Gasteiger partial charge in [-0.05, 0) is 61.6 Å². The fourth-order valence-electron chi connectivity index (χ4n) is 3.15. The van der Waals surface area contributed by atoms with E-state index in [1.807, 2.05) is 24.3 Å². The molecule has 0 saturated heterocycles. The minimum absolute atomic E-state index is 0.723. The van der Waals surface area contributed by atoms with Crippen molar-refractivity contribution in [2.24, 2.45) is 0 Å². The number of likely N-dealkylation sites (N-methyl/N-ethyl adjacent to an activating group) is 2. The molecule has 2 aromatic carbocycles. The van der Waals surface area contributed by atoms with Gasteiger partial charge >= 0.3 is 0 Å². The first-order valence-electron chi connectivity index (χ1n) is 10.6. The lowest BCUT2D eigenvalue weighted by atomic mass is 10.1. The average Bonchev–Trinajstić information content (AvgIpc) is 2.75. The van der Waals surface area contributed by atoms with E-state index in [0.717, 1.165) is 64.0 Å². The molecule has 0 atom stereocenters. The molecule has 0 spiro atoms. The Morgan fingerprint density at radius 2 is 0.857 bits per heavy atom. The highest BCUT2D eigenvalue weighted by Gasteiger charge is 2.03. The maximum atomic E-state index is 5.87. The Labute approximate surface area is 171 Å². The third-order valence-electron chi connectivity index (χ3n) is 5.18. The van der Waals surface area contributed by atoms with Gasteiger partial charge in [-0.3, -0.25) is 0 Å². The van der Waals surface area contributed by atoms with E-state index in [1.165, 1.54) is 11.1 Å². The van der Waals surface area contributed by atoms with E-state index in [0.29, 0.717) is 0 Å². The van der Waals surface area contributed by atoms with Crippen molar-refractivity contribution < 1.29 is 9.47 Å². The van der Waals surface area contributed by atoms with E-state index in [4.69, 9.17) is 9.47 Å². The first-order chi connectivity index (χ1) is 13.7. The zero-order valence-electron chi connectivity index (χ0n) is 18.0. The third-order valence-corrected chi connectivity index (χ3v) is 5.18. The Hall–Kier alpha value is -2.04. The summed E-state index contributed by atoms with van der Waals surface area (Å²) in [6, 6.07) is 16.6. The highest BCUT2D eigenvalue weighted by atomic mass is 16.5. The molecular formula is C24H36N2O2. The third kappa shape index (κ3) is 7.17. The van der Waals surface area contributed by atoms with Crippen molar-refractivity contribution in [3.8, 4) is 22.6 Å². The van der Waals surface area contributed by atoms with Gasteiger partial charge in [-0.2, -0.15) is 0 Å². The van der Waals surface area contributed by atoms with E-state index in [1.54, 1.807) is 0 Å². The summed E-state index contributed by atoms with van der Waals surface area (Å²) in [5, 5.41) is 0. The van der Waals surface area contributed by atoms with Crippen LogP contribution in [0.15, 0.2) is 48.5 Å². The minimum atomic E-state index is 0.723. The van der Waals surface area contributed by atoms with Crippen LogP contribution in [0.3, 0.4) is 0 Å². The van der Waals surface area contributed by atoms with Crippen LogP contribution in [0.4, 0.5) is 0 Å². The quantitative estimate of drug-likeness (QED) is 0.495. The predicted molar refractivity (Wildman–Crippen MR) is 118 cm³/mol. The van der Waals surface area contributed by atoms with E-state index < -0.39 is 0 Å². The largest absolute Gasteiger partial charge is 0.492 e. The maximum Gasteiger partial charge on any atom is 0.119 e. The standard InChI is InChI=1S/C24H36N2O2/c1-5-25(6-2)17-19-27-23-13-9-21(10-14-23)22-11-15-24(16-12-22)28-20-18-26(7-3)8-4/h9-16H,5-8,17-20H2,1-4H3. The predicted octanol–water partition coefficient (Wildman–Crippen LogP) is 4.79. The second-order valence-corrected chi connectivity index (χ2v) is 6.80. The highest BCUT2D eigenvalue weighted by molar-refractivity contribution is 5.64. The van der Waals surface area contributed by atoms with Gasteiger partial charge in [0.25, 0.3) is 0 Å². The number of ether oxygens (including phenoxy) is 2. The van der Waals surface area contributed by atoms with Crippen molar-refractivity contribution in [1.82, 2.24) is 9.80 Å². The van der Waals surface area contributed by atoms with Crippen LogP contribution in [-0.2, 0) is 0 Å². The monoisotopic (exact) mass is 384 g/mol. The molecule has 0 saturated carbocycles. The molecule has 0 aliphatic carbocycles. The molecule has 0 bridgehead atoms. The summed E-state index contributed by atoms with van der Waals surface area (Å²) < 4.78 is 11.7. The summed E-state index contributed by atoms with van der Waals surface area (Å²) in [4.78, 5) is 4.72. The lowest BCUT2D eigenvalue weighted by molar-refractivity contribution is 0.223. The lowest BCUT2D eigenvalue weighted by Gasteiger charge is -2.18. The molecule has 2 aromatic rings. The molecule has 4 heteroatoms. The van der Waals surface area contributed by atoms with Gasteiger partial charge < -0.3 is 19.3 Å². The van der Waals surface area contributed by atoms with E-state index in [-0.39, 0.29) is 0 Å². The molecule has 28 heavy (non-hydrogen) atoms. The van der Waals surface area contributed by atoms with Crippen LogP contribution < -0.4 is 9.47 Å². The number of hydrogen-bond acceptors (Lipinski definition) is 4. The number of benzene rings is 2. The summed E-state index contributed by atoms with van der Waals surface area (Å²) in [5.74, 6) is 1.85. The molecule has 0 aromatic heterocycles. The Morgan fingerprint density at radius 3 is 1.14 bits per heavy atom. The smallest absolute Gasteiger partial charge is 0.119 e. The van der Waals surface area contributed by atoms with Crippen LogP contribution in [0.25, 0.3) is 11.1 Å². The van der Waals surface area contributed by atoms with Crippen molar-refractivity contribution in [2.75, 3.05) is 52.5 Å². The molecule has 2 rings (SSSR count). The van der Waals surface area contributed by atoms with Crippen molar-refractivity contribution in [1.29, 1.82) is 0 Å². The minimum Gasteiger partial charge on any atom is -0.492 e. The summed E-state index contributed by atoms with van der Waals surface area (Å²) in [6.07, 6.45) is 0. The molecule has 0 N–H and O–H groups in total. The first-order valence-corrected chi connectivity index (χ1v) is 10.6. The number of hydrogen-bond donors (Lipinski definition) is 0. The fourth-order valence-corrected chi connectivity index (χ4v) is 3.15. The van der Waals surface area contributed by atoms with E-state index in [9.17, 15) is 0 Å². The molecule has 0 amide bonds. The van der Waals surface area contributed by atoms with Crippen LogP contribution in [0.5, 0.6) is 11.5 Å². The molecule has 0 aliphatic rings. The van der Waals surface area contributed by atoms with Gasteiger partial charge in [-0.15, -0.1) is 0 Å². The zero-order valence-corrected chi connectivity index (χ0v) is 18.0. The van der Waals surface area contributed by atoms with Crippen molar-refractivity contribution in [2.45, 2.75) is 27.7 Å². The van der Waals surface area contributed by atoms with Crippen LogP contribution >= 0.6 is 0 Å². The lowest BCUT2D eigenvalue weighted by Crippen LogP contribution is -2.27. The Morgan fingerprint density at radius 1 is 0.536 bits per heavy atom. The molecule has 0 aliphatic heterocycles. The van der Waals surface area contributed by atoms with Gasteiger partial charge in [0.1, 0.15) is 24.7 Å². The number of rotatable bonds is 13. The van der Waals surface area contributed by atoms with Crippen LogP contribution in [0.1, 0.15) is 27.7 Å². The second kappa shape index (κ2) is 12.4. The molecule has 4 nitrogen and oxygen atoms in total. The van der Waals surface area contributed by atoms with Gasteiger partial charge in [0.2, 0.25) is 0 Å². The van der Waals surface area contributed by atoms with E-state index >= 15 is 0 Å². The van der Waals surface area contributed by atoms with Gasteiger partial charge in [0, 0.05) is 13.1 Å². The highest BCUT2D eigenvalue weighted by Crippen LogP contribution is 2.24. The fraction of sp³-hybridized carbons (Fsp3) is 0.500.